The summed E-state index contributed by atoms with van der Waals surface area (Å²) in [6, 6.07) is 12.0. The molecule has 1 heterocycles. The highest BCUT2D eigenvalue weighted by molar-refractivity contribution is 5.93. The molecule has 0 aliphatic heterocycles. The largest absolute Gasteiger partial charge is 0.459 e. The molecule has 6 nitrogen and oxygen atoms in total. The summed E-state index contributed by atoms with van der Waals surface area (Å²) < 4.78 is 4.99. The second-order valence-corrected chi connectivity index (χ2v) is 4.57. The number of nitrogens with one attached hydrogen (secondary N) is 1. The van der Waals surface area contributed by atoms with Crippen LogP contribution >= 0.6 is 0 Å². The number of nitriles is 1. The Morgan fingerprint density at radius 3 is 2.77 bits per heavy atom. The van der Waals surface area contributed by atoms with Crippen molar-refractivity contribution >= 4 is 17.5 Å². The van der Waals surface area contributed by atoms with E-state index in [9.17, 15) is 9.59 Å². The summed E-state index contributed by atoms with van der Waals surface area (Å²) in [5.74, 6) is -0.275. The van der Waals surface area contributed by atoms with Gasteiger partial charge in [0.25, 0.3) is 5.91 Å². The van der Waals surface area contributed by atoms with Gasteiger partial charge in [-0.15, -0.1) is 0 Å². The molecule has 1 N–H and O–H groups in total. The number of carbonyl (C=O) groups excluding carboxylic acids is 2. The van der Waals surface area contributed by atoms with E-state index in [4.69, 9.17) is 9.68 Å². The van der Waals surface area contributed by atoms with Gasteiger partial charge in [-0.2, -0.15) is 5.26 Å². The van der Waals surface area contributed by atoms with Crippen LogP contribution in [0, 0.1) is 11.3 Å². The normalized spacial score (nSPS) is 9.82. The molecule has 112 valence electrons. The first-order valence-electron chi connectivity index (χ1n) is 6.72. The van der Waals surface area contributed by atoms with Crippen LogP contribution in [0.5, 0.6) is 0 Å². The fourth-order valence-electron chi connectivity index (χ4n) is 1.99. The van der Waals surface area contributed by atoms with Crippen LogP contribution in [0.15, 0.2) is 47.1 Å². The molecule has 2 rings (SSSR count). The lowest BCUT2D eigenvalue weighted by Crippen LogP contribution is -2.37. The van der Waals surface area contributed by atoms with Crippen molar-refractivity contribution in [2.24, 2.45) is 0 Å². The topological polar surface area (TPSA) is 86.3 Å². The molecule has 0 aliphatic rings. The monoisotopic (exact) mass is 297 g/mol. The fourth-order valence-corrected chi connectivity index (χ4v) is 1.99. The third kappa shape index (κ3) is 3.73. The number of nitrogens with zero attached hydrogens (tertiary/aromatic N) is 2. The fraction of sp³-hybridized carbons (Fsp3) is 0.188. The first-order chi connectivity index (χ1) is 10.6. The van der Waals surface area contributed by atoms with Gasteiger partial charge in [-0.05, 0) is 30.3 Å². The molecule has 2 aromatic rings. The van der Waals surface area contributed by atoms with Crippen molar-refractivity contribution in [3.63, 3.8) is 0 Å². The van der Waals surface area contributed by atoms with Crippen LogP contribution in [0.2, 0.25) is 0 Å². The van der Waals surface area contributed by atoms with E-state index in [2.05, 4.69) is 5.32 Å². The lowest BCUT2D eigenvalue weighted by atomic mass is 10.2. The molecule has 0 fully saturated rings. The number of amides is 2. The Bertz CT molecular complexity index is 702. The van der Waals surface area contributed by atoms with Crippen LogP contribution in [0.25, 0.3) is 0 Å². The van der Waals surface area contributed by atoms with Crippen molar-refractivity contribution in [3.05, 3.63) is 54.0 Å². The summed E-state index contributed by atoms with van der Waals surface area (Å²) in [5, 5.41) is 11.6. The zero-order valence-electron chi connectivity index (χ0n) is 12.1. The number of rotatable bonds is 5. The first kappa shape index (κ1) is 15.3. The second kappa shape index (κ2) is 7.09. The van der Waals surface area contributed by atoms with Gasteiger partial charge in [0.1, 0.15) is 0 Å². The maximum atomic E-state index is 11.8. The van der Waals surface area contributed by atoms with E-state index < -0.39 is 0 Å². The molecular weight excluding hydrogens is 282 g/mol. The number of carbonyl (C=O) groups is 2. The van der Waals surface area contributed by atoms with Gasteiger partial charge in [-0.1, -0.05) is 6.07 Å². The van der Waals surface area contributed by atoms with E-state index in [1.54, 1.807) is 36.4 Å². The first-order valence-corrected chi connectivity index (χ1v) is 6.72. The number of benzene rings is 1. The van der Waals surface area contributed by atoms with Gasteiger partial charge in [0, 0.05) is 25.7 Å². The Balaban J connectivity index is 1.99. The highest BCUT2D eigenvalue weighted by atomic mass is 16.3. The van der Waals surface area contributed by atoms with E-state index in [0.717, 1.165) is 0 Å². The maximum absolute atomic E-state index is 11.8. The van der Waals surface area contributed by atoms with E-state index in [1.165, 1.54) is 18.1 Å². The van der Waals surface area contributed by atoms with Gasteiger partial charge in [-0.3, -0.25) is 9.59 Å². The Kier molecular flexibility index (Phi) is 4.94. The minimum Gasteiger partial charge on any atom is -0.459 e. The van der Waals surface area contributed by atoms with Crippen molar-refractivity contribution < 1.29 is 14.0 Å². The van der Waals surface area contributed by atoms with Crippen LogP contribution in [0.1, 0.15) is 23.0 Å². The molecule has 2 amide bonds. The molecule has 0 bridgehead atoms. The Morgan fingerprint density at radius 2 is 2.14 bits per heavy atom. The lowest BCUT2D eigenvalue weighted by molar-refractivity contribution is -0.116. The Labute approximate surface area is 127 Å². The van der Waals surface area contributed by atoms with Crippen LogP contribution in [-0.4, -0.2) is 24.9 Å². The van der Waals surface area contributed by atoms with Gasteiger partial charge in [0.15, 0.2) is 5.76 Å². The van der Waals surface area contributed by atoms with Crippen LogP contribution < -0.4 is 10.2 Å². The highest BCUT2D eigenvalue weighted by Gasteiger charge is 2.13. The van der Waals surface area contributed by atoms with Crippen molar-refractivity contribution in [1.29, 1.82) is 5.26 Å². The summed E-state index contributed by atoms with van der Waals surface area (Å²) in [7, 11) is 0. The number of hydrogen-bond donors (Lipinski definition) is 1. The Morgan fingerprint density at radius 1 is 1.32 bits per heavy atom. The molecule has 0 atom stereocenters. The molecule has 0 saturated carbocycles. The molecule has 0 spiro atoms. The lowest BCUT2D eigenvalue weighted by Gasteiger charge is -2.21. The highest BCUT2D eigenvalue weighted by Crippen LogP contribution is 2.15. The van der Waals surface area contributed by atoms with E-state index in [1.807, 2.05) is 6.07 Å². The summed E-state index contributed by atoms with van der Waals surface area (Å²) in [6.45, 7) is 2.01. The number of hydrogen-bond acceptors (Lipinski definition) is 4. The second-order valence-electron chi connectivity index (χ2n) is 4.57. The van der Waals surface area contributed by atoms with Crippen LogP contribution in [-0.2, 0) is 4.79 Å². The Hall–Kier alpha value is -3.07. The van der Waals surface area contributed by atoms with Crippen LogP contribution in [0.4, 0.5) is 5.69 Å². The molecule has 1 aromatic heterocycles. The predicted octanol–water partition coefficient (Wildman–Crippen LogP) is 1.93. The molecule has 0 radical (unpaired) electrons. The van der Waals surface area contributed by atoms with E-state index in [-0.39, 0.29) is 24.1 Å². The minimum atomic E-state index is -0.334. The van der Waals surface area contributed by atoms with Crippen LogP contribution in [0.3, 0.4) is 0 Å². The van der Waals surface area contributed by atoms with Gasteiger partial charge >= 0.3 is 0 Å². The summed E-state index contributed by atoms with van der Waals surface area (Å²) in [5.41, 5.74) is 1.10. The predicted molar refractivity (Wildman–Crippen MR) is 80.2 cm³/mol. The summed E-state index contributed by atoms with van der Waals surface area (Å²) in [4.78, 5) is 25.0. The quantitative estimate of drug-likeness (QED) is 0.913. The molecular formula is C16H15N3O3. The van der Waals surface area contributed by atoms with Gasteiger partial charge in [0.2, 0.25) is 5.91 Å². The van der Waals surface area contributed by atoms with Crippen molar-refractivity contribution in [1.82, 2.24) is 5.32 Å². The van der Waals surface area contributed by atoms with Crippen molar-refractivity contribution in [2.45, 2.75) is 6.92 Å². The average molecular weight is 297 g/mol. The maximum Gasteiger partial charge on any atom is 0.287 e. The molecule has 1 aromatic carbocycles. The summed E-state index contributed by atoms with van der Waals surface area (Å²) >= 11 is 0. The van der Waals surface area contributed by atoms with Gasteiger partial charge < -0.3 is 14.6 Å². The van der Waals surface area contributed by atoms with Crippen molar-refractivity contribution in [2.75, 3.05) is 18.0 Å². The van der Waals surface area contributed by atoms with Gasteiger partial charge in [0.05, 0.1) is 17.9 Å². The smallest absolute Gasteiger partial charge is 0.287 e. The van der Waals surface area contributed by atoms with Gasteiger partial charge in [-0.25, -0.2) is 0 Å². The minimum absolute atomic E-state index is 0.165. The molecule has 0 unspecified atom stereocenters. The standard InChI is InChI=1S/C16H15N3O3/c1-12(20)19(14-5-2-4-13(10-14)11-17)8-7-18-16(21)15-6-3-9-22-15/h2-6,9-10H,7-8H2,1H3,(H,18,21). The third-order valence-corrected chi connectivity index (χ3v) is 3.03. The van der Waals surface area contributed by atoms with E-state index >= 15 is 0 Å². The number of furan rings is 1. The number of anilines is 1. The molecule has 0 saturated heterocycles. The summed E-state index contributed by atoms with van der Waals surface area (Å²) in [6.07, 6.45) is 1.42. The SMILES string of the molecule is CC(=O)N(CCNC(=O)c1ccco1)c1cccc(C#N)c1. The molecule has 0 aliphatic carbocycles. The third-order valence-electron chi connectivity index (χ3n) is 3.03. The zero-order chi connectivity index (χ0) is 15.9. The molecule has 22 heavy (non-hydrogen) atoms. The molecule has 6 heteroatoms. The van der Waals surface area contributed by atoms with Crippen molar-refractivity contribution in [3.8, 4) is 6.07 Å². The zero-order valence-corrected chi connectivity index (χ0v) is 12.1. The van der Waals surface area contributed by atoms with E-state index in [0.29, 0.717) is 17.8 Å². The average Bonchev–Trinajstić information content (AvgIpc) is 3.05.